The molecule has 2 aromatic rings. The highest BCUT2D eigenvalue weighted by molar-refractivity contribution is 5.69. The number of hydrogen-bond donors (Lipinski definition) is 1. The highest BCUT2D eigenvalue weighted by Gasteiger charge is 2.21. The zero-order valence-electron chi connectivity index (χ0n) is 19.7. The molecule has 2 aliphatic rings. The minimum absolute atomic E-state index is 0.149. The van der Waals surface area contributed by atoms with Crippen LogP contribution in [0.25, 0.3) is 11.1 Å². The molecule has 6 heteroatoms. The molecule has 4 rings (SSSR count). The van der Waals surface area contributed by atoms with E-state index in [9.17, 15) is 0 Å². The van der Waals surface area contributed by atoms with Crippen molar-refractivity contribution < 1.29 is 14.2 Å². The Morgan fingerprint density at radius 2 is 1.75 bits per heavy atom. The molecular weight excluding hydrogens is 402 g/mol. The third-order valence-electron chi connectivity index (χ3n) is 6.44. The maximum atomic E-state index is 6.29. The first kappa shape index (κ1) is 22.8. The number of anilines is 1. The molecule has 0 spiro atoms. The van der Waals surface area contributed by atoms with Crippen molar-refractivity contribution in [3.8, 4) is 22.8 Å². The van der Waals surface area contributed by atoms with Crippen LogP contribution in [0.3, 0.4) is 0 Å². The fraction of sp³-hybridized carbons (Fsp3) is 0.615. The van der Waals surface area contributed by atoms with Gasteiger partial charge in [-0.3, -0.25) is 0 Å². The quantitative estimate of drug-likeness (QED) is 0.567. The lowest BCUT2D eigenvalue weighted by Gasteiger charge is -2.27. The molecule has 1 aliphatic carbocycles. The van der Waals surface area contributed by atoms with E-state index >= 15 is 0 Å². The van der Waals surface area contributed by atoms with Crippen LogP contribution in [-0.2, 0) is 4.74 Å². The smallest absolute Gasteiger partial charge is 0.226 e. The highest BCUT2D eigenvalue weighted by Crippen LogP contribution is 2.32. The highest BCUT2D eigenvalue weighted by atomic mass is 16.5. The maximum absolute atomic E-state index is 6.29. The first-order valence-corrected chi connectivity index (χ1v) is 12.2. The van der Waals surface area contributed by atoms with E-state index < -0.39 is 0 Å². The van der Waals surface area contributed by atoms with E-state index in [4.69, 9.17) is 19.2 Å². The zero-order valence-corrected chi connectivity index (χ0v) is 19.7. The van der Waals surface area contributed by atoms with Gasteiger partial charge in [-0.1, -0.05) is 19.1 Å². The zero-order chi connectivity index (χ0) is 22.3. The summed E-state index contributed by atoms with van der Waals surface area (Å²) < 4.78 is 17.6. The minimum atomic E-state index is 0.149. The molecule has 174 valence electrons. The van der Waals surface area contributed by atoms with Crippen molar-refractivity contribution in [1.29, 1.82) is 0 Å². The van der Waals surface area contributed by atoms with Crippen LogP contribution >= 0.6 is 0 Å². The molecule has 2 heterocycles. The molecule has 32 heavy (non-hydrogen) atoms. The normalized spacial score (nSPS) is 22.0. The van der Waals surface area contributed by atoms with Crippen molar-refractivity contribution in [2.75, 3.05) is 25.1 Å². The topological polar surface area (TPSA) is 65.5 Å². The molecule has 1 aromatic heterocycles. The van der Waals surface area contributed by atoms with Gasteiger partial charge in [0.2, 0.25) is 11.8 Å². The van der Waals surface area contributed by atoms with E-state index in [0.717, 1.165) is 48.8 Å². The Labute approximate surface area is 192 Å². The molecule has 0 unspecified atom stereocenters. The molecule has 1 saturated carbocycles. The summed E-state index contributed by atoms with van der Waals surface area (Å²) in [4.78, 5) is 9.45. The molecule has 1 saturated heterocycles. The van der Waals surface area contributed by atoms with Crippen LogP contribution in [-0.4, -0.2) is 41.9 Å². The summed E-state index contributed by atoms with van der Waals surface area (Å²) in [6, 6.07) is 8.52. The van der Waals surface area contributed by atoms with Crippen LogP contribution < -0.4 is 14.8 Å². The molecule has 0 bridgehead atoms. The standard InChI is InChI=1S/C26H37N3O3/c1-18(2)32-23-10-6-21(7-11-23)24-16-27-26(28-22-8-4-19(3)5-9-22)29-25(24)31-17-20-12-14-30-15-13-20/h6-7,10-11,16,18-20,22H,4-5,8-9,12-15,17H2,1-3H3,(H,27,28,29)/t19-,22+. The van der Waals surface area contributed by atoms with Crippen LogP contribution in [0.2, 0.25) is 0 Å². The first-order valence-electron chi connectivity index (χ1n) is 12.2. The SMILES string of the molecule is CC(C)Oc1ccc(-c2cnc(N[C@H]3CC[C@@H](C)CC3)nc2OCC2CCOCC2)cc1. The van der Waals surface area contributed by atoms with Gasteiger partial charge in [0.05, 0.1) is 18.3 Å². The first-order chi connectivity index (χ1) is 15.6. The Balaban J connectivity index is 1.52. The lowest BCUT2D eigenvalue weighted by atomic mass is 9.87. The van der Waals surface area contributed by atoms with E-state index in [0.29, 0.717) is 30.4 Å². The Morgan fingerprint density at radius 3 is 2.44 bits per heavy atom. The third kappa shape index (κ3) is 6.35. The van der Waals surface area contributed by atoms with Crippen molar-refractivity contribution in [2.24, 2.45) is 11.8 Å². The number of nitrogens with one attached hydrogen (secondary N) is 1. The van der Waals surface area contributed by atoms with E-state index in [1.807, 2.05) is 44.3 Å². The van der Waals surface area contributed by atoms with Gasteiger partial charge in [0, 0.05) is 25.5 Å². The van der Waals surface area contributed by atoms with Crippen molar-refractivity contribution >= 4 is 5.95 Å². The van der Waals surface area contributed by atoms with Crippen LogP contribution in [0.4, 0.5) is 5.95 Å². The van der Waals surface area contributed by atoms with Gasteiger partial charge in [0.1, 0.15) is 5.75 Å². The molecule has 1 aliphatic heterocycles. The number of aromatic nitrogens is 2. The minimum Gasteiger partial charge on any atom is -0.491 e. The second-order valence-electron chi connectivity index (χ2n) is 9.57. The Morgan fingerprint density at radius 1 is 1.03 bits per heavy atom. The van der Waals surface area contributed by atoms with E-state index in [1.165, 1.54) is 25.7 Å². The number of benzene rings is 1. The number of rotatable bonds is 8. The molecular formula is C26H37N3O3. The third-order valence-corrected chi connectivity index (χ3v) is 6.44. The lowest BCUT2D eigenvalue weighted by Crippen LogP contribution is -2.26. The molecule has 2 fully saturated rings. The summed E-state index contributed by atoms with van der Waals surface area (Å²) in [5.41, 5.74) is 1.94. The molecule has 0 atom stereocenters. The Kier molecular flexibility index (Phi) is 7.85. The monoisotopic (exact) mass is 439 g/mol. The fourth-order valence-corrected chi connectivity index (χ4v) is 4.43. The van der Waals surface area contributed by atoms with Crippen LogP contribution in [0.15, 0.2) is 30.5 Å². The average molecular weight is 440 g/mol. The summed E-state index contributed by atoms with van der Waals surface area (Å²) in [6.07, 6.45) is 8.96. The molecule has 0 amide bonds. The molecule has 1 aromatic carbocycles. The second-order valence-corrected chi connectivity index (χ2v) is 9.57. The van der Waals surface area contributed by atoms with E-state index in [-0.39, 0.29) is 6.10 Å². The van der Waals surface area contributed by atoms with Crippen molar-refractivity contribution in [3.05, 3.63) is 30.5 Å². The van der Waals surface area contributed by atoms with E-state index in [2.05, 4.69) is 17.2 Å². The predicted octanol–water partition coefficient (Wildman–Crippen LogP) is 5.73. The summed E-state index contributed by atoms with van der Waals surface area (Å²) in [7, 11) is 0. The lowest BCUT2D eigenvalue weighted by molar-refractivity contribution is 0.0491. The Bertz CT molecular complexity index is 842. The Hall–Kier alpha value is -2.34. The molecule has 0 radical (unpaired) electrons. The van der Waals surface area contributed by atoms with Gasteiger partial charge in [-0.25, -0.2) is 4.98 Å². The number of nitrogens with zero attached hydrogens (tertiary/aromatic N) is 2. The molecule has 6 nitrogen and oxygen atoms in total. The van der Waals surface area contributed by atoms with E-state index in [1.54, 1.807) is 0 Å². The largest absolute Gasteiger partial charge is 0.491 e. The van der Waals surface area contributed by atoms with Crippen molar-refractivity contribution in [2.45, 2.75) is 71.4 Å². The number of ether oxygens (including phenoxy) is 3. The van der Waals surface area contributed by atoms with Crippen LogP contribution in [0.5, 0.6) is 11.6 Å². The van der Waals surface area contributed by atoms with Gasteiger partial charge in [0.15, 0.2) is 0 Å². The van der Waals surface area contributed by atoms with Crippen LogP contribution in [0.1, 0.15) is 59.3 Å². The van der Waals surface area contributed by atoms with Gasteiger partial charge in [0.25, 0.3) is 0 Å². The van der Waals surface area contributed by atoms with Gasteiger partial charge in [-0.2, -0.15) is 4.98 Å². The van der Waals surface area contributed by atoms with Gasteiger partial charge in [-0.15, -0.1) is 0 Å². The summed E-state index contributed by atoms with van der Waals surface area (Å²) >= 11 is 0. The second kappa shape index (κ2) is 11.0. The van der Waals surface area contributed by atoms with Gasteiger partial charge < -0.3 is 19.5 Å². The van der Waals surface area contributed by atoms with Crippen molar-refractivity contribution in [1.82, 2.24) is 9.97 Å². The number of hydrogen-bond acceptors (Lipinski definition) is 6. The summed E-state index contributed by atoms with van der Waals surface area (Å²) in [5, 5.41) is 3.55. The van der Waals surface area contributed by atoms with Crippen molar-refractivity contribution in [3.63, 3.8) is 0 Å². The fourth-order valence-electron chi connectivity index (χ4n) is 4.43. The molecule has 1 N–H and O–H groups in total. The average Bonchev–Trinajstić information content (AvgIpc) is 2.80. The van der Waals surface area contributed by atoms with Gasteiger partial charge >= 0.3 is 0 Å². The summed E-state index contributed by atoms with van der Waals surface area (Å²) in [5.74, 6) is 3.49. The van der Waals surface area contributed by atoms with Crippen LogP contribution in [0, 0.1) is 11.8 Å². The summed E-state index contributed by atoms with van der Waals surface area (Å²) in [6.45, 7) is 8.68. The predicted molar refractivity (Wildman–Crippen MR) is 127 cm³/mol. The maximum Gasteiger partial charge on any atom is 0.226 e. The van der Waals surface area contributed by atoms with Gasteiger partial charge in [-0.05, 0) is 81.9 Å².